The Morgan fingerprint density at radius 1 is 1.17 bits per heavy atom. The topological polar surface area (TPSA) is 9.23 Å². The summed E-state index contributed by atoms with van der Waals surface area (Å²) in [5, 5.41) is 0. The second kappa shape index (κ2) is 5.88. The van der Waals surface area contributed by atoms with Gasteiger partial charge in [-0.3, -0.25) is 0 Å². The number of thioether (sulfide) groups is 1. The zero-order chi connectivity index (χ0) is 13.2. The van der Waals surface area contributed by atoms with E-state index in [9.17, 15) is 0 Å². The number of hydrogen-bond donors (Lipinski definition) is 0. The Labute approximate surface area is 116 Å². The number of terminal acetylenes is 1. The number of ether oxygens (including phenoxy) is 1. The first-order chi connectivity index (χ1) is 8.50. The minimum absolute atomic E-state index is 0.374. The summed E-state index contributed by atoms with van der Waals surface area (Å²) >= 11 is 2.04. The minimum Gasteiger partial charge on any atom is -0.367 e. The molecule has 1 nitrogen and oxygen atoms in total. The standard InChI is InChI=1S/C16H26OS/c1-5-12-6-8-13(9-7-12)15-17-10-14(11-18-15)16(2,3)4/h1,12-15H,6-11H2,2-4H3/t12?,13?,14-,15+/m0/s1. The summed E-state index contributed by atoms with van der Waals surface area (Å²) in [5.41, 5.74) is 0.807. The van der Waals surface area contributed by atoms with Crippen LogP contribution in [0.2, 0.25) is 0 Å². The average molecular weight is 266 g/mol. The summed E-state index contributed by atoms with van der Waals surface area (Å²) in [7, 11) is 0. The molecule has 0 unspecified atom stereocenters. The van der Waals surface area contributed by atoms with Gasteiger partial charge in [-0.05, 0) is 42.9 Å². The third-order valence-corrected chi connectivity index (χ3v) is 5.98. The highest BCUT2D eigenvalue weighted by atomic mass is 32.2. The second-order valence-corrected chi connectivity index (χ2v) is 8.01. The van der Waals surface area contributed by atoms with Crippen LogP contribution in [-0.4, -0.2) is 17.8 Å². The van der Waals surface area contributed by atoms with Crippen molar-refractivity contribution in [2.24, 2.45) is 23.2 Å². The lowest BCUT2D eigenvalue weighted by molar-refractivity contribution is 0.00545. The first kappa shape index (κ1) is 14.3. The van der Waals surface area contributed by atoms with Crippen molar-refractivity contribution in [2.75, 3.05) is 12.4 Å². The molecule has 1 saturated carbocycles. The van der Waals surface area contributed by atoms with Crippen LogP contribution in [0.15, 0.2) is 0 Å². The average Bonchev–Trinajstić information content (AvgIpc) is 2.38. The predicted molar refractivity (Wildman–Crippen MR) is 79.4 cm³/mol. The lowest BCUT2D eigenvalue weighted by Gasteiger charge is -2.40. The van der Waals surface area contributed by atoms with E-state index in [1.807, 2.05) is 11.8 Å². The molecule has 0 spiro atoms. The molecule has 0 aromatic rings. The molecular formula is C16H26OS. The third-order valence-electron chi connectivity index (χ3n) is 4.54. The Hall–Kier alpha value is -0.130. The fraction of sp³-hybridized carbons (Fsp3) is 0.875. The van der Waals surface area contributed by atoms with E-state index < -0.39 is 0 Å². The maximum Gasteiger partial charge on any atom is 0.106 e. The van der Waals surface area contributed by atoms with E-state index in [1.54, 1.807) is 0 Å². The van der Waals surface area contributed by atoms with E-state index in [1.165, 1.54) is 31.4 Å². The molecular weight excluding hydrogens is 240 g/mol. The van der Waals surface area contributed by atoms with Crippen LogP contribution in [-0.2, 0) is 4.74 Å². The van der Waals surface area contributed by atoms with Gasteiger partial charge in [0.25, 0.3) is 0 Å². The Bertz CT molecular complexity index is 296. The molecule has 1 saturated heterocycles. The summed E-state index contributed by atoms with van der Waals surface area (Å²) in [6.45, 7) is 7.90. The molecule has 102 valence electrons. The van der Waals surface area contributed by atoms with Crippen LogP contribution in [0.3, 0.4) is 0 Å². The molecule has 1 aliphatic heterocycles. The zero-order valence-corrected chi connectivity index (χ0v) is 12.8. The van der Waals surface area contributed by atoms with Crippen molar-refractivity contribution in [1.82, 2.24) is 0 Å². The zero-order valence-electron chi connectivity index (χ0n) is 11.9. The summed E-state index contributed by atoms with van der Waals surface area (Å²) in [6.07, 6.45) is 10.4. The van der Waals surface area contributed by atoms with E-state index >= 15 is 0 Å². The lowest BCUT2D eigenvalue weighted by atomic mass is 9.81. The SMILES string of the molecule is C#CC1CCC([C@@H]2OC[C@H](C(C)(C)C)CS2)CC1. The Balaban J connectivity index is 1.79. The van der Waals surface area contributed by atoms with Crippen LogP contribution in [0.4, 0.5) is 0 Å². The van der Waals surface area contributed by atoms with Gasteiger partial charge in [0.2, 0.25) is 0 Å². The van der Waals surface area contributed by atoms with Crippen LogP contribution in [0.5, 0.6) is 0 Å². The highest BCUT2D eigenvalue weighted by Crippen LogP contribution is 2.41. The molecule has 2 rings (SSSR count). The molecule has 0 amide bonds. The third kappa shape index (κ3) is 3.45. The first-order valence-corrected chi connectivity index (χ1v) is 8.25. The quantitative estimate of drug-likeness (QED) is 0.659. The highest BCUT2D eigenvalue weighted by Gasteiger charge is 2.35. The maximum absolute atomic E-state index is 6.14. The molecule has 0 N–H and O–H groups in total. The fourth-order valence-electron chi connectivity index (χ4n) is 2.85. The first-order valence-electron chi connectivity index (χ1n) is 7.20. The molecule has 0 aromatic heterocycles. The summed E-state index contributed by atoms with van der Waals surface area (Å²) in [5.74, 6) is 6.12. The van der Waals surface area contributed by atoms with E-state index in [0.717, 1.165) is 12.5 Å². The van der Waals surface area contributed by atoms with Crippen molar-refractivity contribution in [3.63, 3.8) is 0 Å². The molecule has 0 radical (unpaired) electrons. The van der Waals surface area contributed by atoms with Crippen molar-refractivity contribution in [3.05, 3.63) is 0 Å². The largest absolute Gasteiger partial charge is 0.367 e. The van der Waals surface area contributed by atoms with E-state index in [2.05, 4.69) is 26.7 Å². The van der Waals surface area contributed by atoms with Crippen molar-refractivity contribution in [3.8, 4) is 12.3 Å². The predicted octanol–water partition coefficient (Wildman–Crippen LogP) is 4.18. The van der Waals surface area contributed by atoms with Gasteiger partial charge in [0.1, 0.15) is 5.44 Å². The van der Waals surface area contributed by atoms with Gasteiger partial charge in [-0.2, -0.15) is 0 Å². The van der Waals surface area contributed by atoms with Crippen LogP contribution in [0, 0.1) is 35.5 Å². The second-order valence-electron chi connectivity index (χ2n) is 6.88. The van der Waals surface area contributed by atoms with Gasteiger partial charge >= 0.3 is 0 Å². The van der Waals surface area contributed by atoms with Gasteiger partial charge in [-0.25, -0.2) is 0 Å². The van der Waals surface area contributed by atoms with Gasteiger partial charge in [-0.1, -0.05) is 20.8 Å². The van der Waals surface area contributed by atoms with Gasteiger partial charge in [0, 0.05) is 11.7 Å². The summed E-state index contributed by atoms with van der Waals surface area (Å²) in [4.78, 5) is 0. The smallest absolute Gasteiger partial charge is 0.106 e. The summed E-state index contributed by atoms with van der Waals surface area (Å²) < 4.78 is 6.14. The molecule has 18 heavy (non-hydrogen) atoms. The normalized spacial score (nSPS) is 38.1. The van der Waals surface area contributed by atoms with Crippen LogP contribution in [0.25, 0.3) is 0 Å². The van der Waals surface area contributed by atoms with Crippen LogP contribution >= 0.6 is 11.8 Å². The van der Waals surface area contributed by atoms with Crippen LogP contribution in [0.1, 0.15) is 46.5 Å². The molecule has 1 aliphatic carbocycles. The van der Waals surface area contributed by atoms with E-state index in [4.69, 9.17) is 11.2 Å². The Morgan fingerprint density at radius 2 is 1.83 bits per heavy atom. The highest BCUT2D eigenvalue weighted by molar-refractivity contribution is 7.99. The molecule has 2 fully saturated rings. The molecule has 2 atom stereocenters. The number of rotatable bonds is 1. The fourth-order valence-corrected chi connectivity index (χ4v) is 4.59. The number of hydrogen-bond acceptors (Lipinski definition) is 2. The van der Waals surface area contributed by atoms with Crippen molar-refractivity contribution < 1.29 is 4.74 Å². The molecule has 0 bridgehead atoms. The molecule has 2 heteroatoms. The van der Waals surface area contributed by atoms with Crippen LogP contribution < -0.4 is 0 Å². The van der Waals surface area contributed by atoms with Crippen molar-refractivity contribution >= 4 is 11.8 Å². The minimum atomic E-state index is 0.374. The molecule has 0 aromatic carbocycles. The Morgan fingerprint density at radius 3 is 2.28 bits per heavy atom. The Kier molecular flexibility index (Phi) is 4.67. The van der Waals surface area contributed by atoms with Crippen molar-refractivity contribution in [1.29, 1.82) is 0 Å². The summed E-state index contributed by atoms with van der Waals surface area (Å²) in [6, 6.07) is 0. The monoisotopic (exact) mass is 266 g/mol. The lowest BCUT2D eigenvalue weighted by Crippen LogP contribution is -2.37. The maximum atomic E-state index is 6.14. The van der Waals surface area contributed by atoms with Gasteiger partial charge < -0.3 is 4.74 Å². The van der Waals surface area contributed by atoms with Crippen molar-refractivity contribution in [2.45, 2.75) is 51.9 Å². The van der Waals surface area contributed by atoms with E-state index in [-0.39, 0.29) is 0 Å². The van der Waals surface area contributed by atoms with E-state index in [0.29, 0.717) is 22.7 Å². The van der Waals surface area contributed by atoms with Gasteiger partial charge in [-0.15, -0.1) is 24.1 Å². The van der Waals surface area contributed by atoms with Gasteiger partial charge in [0.05, 0.1) is 6.61 Å². The molecule has 2 aliphatic rings. The molecule has 1 heterocycles. The van der Waals surface area contributed by atoms with Gasteiger partial charge in [0.15, 0.2) is 0 Å².